The average molecular weight is 537 g/mol. The molecule has 3 aromatic carbocycles. The lowest BCUT2D eigenvalue weighted by atomic mass is 9.95. The molecular formula is C26H18BrFN2O3S. The van der Waals surface area contributed by atoms with E-state index in [1.54, 1.807) is 24.3 Å². The predicted octanol–water partition coefficient (Wildman–Crippen LogP) is 6.44. The smallest absolute Gasteiger partial charge is 0.301 e. The molecule has 8 heteroatoms. The number of aromatic nitrogens is 1. The van der Waals surface area contributed by atoms with Crippen molar-refractivity contribution in [1.82, 2.24) is 4.98 Å². The zero-order valence-electron chi connectivity index (χ0n) is 18.2. The summed E-state index contributed by atoms with van der Waals surface area (Å²) in [6.07, 6.45) is 0. The number of fused-ring (bicyclic) bond motifs is 1. The number of ketones is 1. The molecule has 1 aliphatic rings. The highest BCUT2D eigenvalue weighted by Gasteiger charge is 2.48. The van der Waals surface area contributed by atoms with E-state index in [4.69, 9.17) is 4.98 Å². The van der Waals surface area contributed by atoms with Gasteiger partial charge in [0.2, 0.25) is 0 Å². The van der Waals surface area contributed by atoms with Crippen molar-refractivity contribution in [2.45, 2.75) is 19.9 Å². The number of halogens is 2. The van der Waals surface area contributed by atoms with Crippen LogP contribution in [0.15, 0.2) is 70.7 Å². The Morgan fingerprint density at radius 3 is 2.41 bits per heavy atom. The normalized spacial score (nSPS) is 17.6. The topological polar surface area (TPSA) is 70.5 Å². The molecular weight excluding hydrogens is 519 g/mol. The number of carbonyl (C=O) groups excluding carboxylic acids is 2. The van der Waals surface area contributed by atoms with E-state index in [0.29, 0.717) is 10.7 Å². The first-order valence-electron chi connectivity index (χ1n) is 10.4. The molecule has 0 bridgehead atoms. The first-order chi connectivity index (χ1) is 16.2. The van der Waals surface area contributed by atoms with Crippen LogP contribution in [-0.4, -0.2) is 21.8 Å². The molecule has 1 fully saturated rings. The minimum absolute atomic E-state index is 0.0638. The van der Waals surface area contributed by atoms with Gasteiger partial charge in [-0.25, -0.2) is 9.37 Å². The molecule has 0 aliphatic carbocycles. The Balaban J connectivity index is 1.74. The standard InChI is InChI=1S/C26H18BrFN2O3S/c1-13-11-14(2)21-19(12-13)34-26(29-21)30-22(15-3-7-17(27)8-4-15)20(24(32)25(30)33)23(31)16-5-9-18(28)10-6-16/h3-12,22,31H,1-2H3/b23-20+/t22-/m0/s1. The van der Waals surface area contributed by atoms with Crippen molar-refractivity contribution in [2.24, 2.45) is 0 Å². The second-order valence-electron chi connectivity index (χ2n) is 8.15. The second kappa shape index (κ2) is 8.45. The van der Waals surface area contributed by atoms with Gasteiger partial charge in [-0.3, -0.25) is 14.5 Å². The number of thiazole rings is 1. The van der Waals surface area contributed by atoms with Crippen LogP contribution in [0.3, 0.4) is 0 Å². The SMILES string of the molecule is Cc1cc(C)c2nc(N3C(=O)C(=O)/C(=C(/O)c4ccc(F)cc4)[C@@H]3c3ccc(Br)cc3)sc2c1. The molecule has 1 aromatic heterocycles. The van der Waals surface area contributed by atoms with Gasteiger partial charge in [-0.15, -0.1) is 0 Å². The van der Waals surface area contributed by atoms with Crippen LogP contribution in [0.2, 0.25) is 0 Å². The average Bonchev–Trinajstić information content (AvgIpc) is 3.33. The number of carbonyl (C=O) groups is 2. The van der Waals surface area contributed by atoms with Gasteiger partial charge in [0.25, 0.3) is 5.78 Å². The number of hydrogen-bond donors (Lipinski definition) is 1. The van der Waals surface area contributed by atoms with E-state index in [2.05, 4.69) is 15.9 Å². The number of aliphatic hydroxyl groups is 1. The summed E-state index contributed by atoms with van der Waals surface area (Å²) in [7, 11) is 0. The maximum Gasteiger partial charge on any atom is 0.301 e. The van der Waals surface area contributed by atoms with Gasteiger partial charge in [0, 0.05) is 10.0 Å². The third kappa shape index (κ3) is 3.73. The summed E-state index contributed by atoms with van der Waals surface area (Å²) in [5, 5.41) is 11.5. The van der Waals surface area contributed by atoms with E-state index in [1.165, 1.54) is 40.5 Å². The van der Waals surface area contributed by atoms with E-state index >= 15 is 0 Å². The quantitative estimate of drug-likeness (QED) is 0.186. The van der Waals surface area contributed by atoms with Crippen molar-refractivity contribution in [2.75, 3.05) is 4.90 Å². The van der Waals surface area contributed by atoms with Crippen LogP contribution < -0.4 is 4.90 Å². The van der Waals surface area contributed by atoms with E-state index in [1.807, 2.05) is 26.0 Å². The van der Waals surface area contributed by atoms with Gasteiger partial charge in [0.15, 0.2) is 5.13 Å². The first-order valence-corrected chi connectivity index (χ1v) is 12.1. The molecule has 2 heterocycles. The fraction of sp³-hybridized carbons (Fsp3) is 0.115. The molecule has 1 aliphatic heterocycles. The number of rotatable bonds is 3. The summed E-state index contributed by atoms with van der Waals surface area (Å²) in [5.41, 5.74) is 3.63. The van der Waals surface area contributed by atoms with Crippen LogP contribution >= 0.6 is 27.3 Å². The fourth-order valence-electron chi connectivity index (χ4n) is 4.22. The molecule has 34 heavy (non-hydrogen) atoms. The molecule has 1 N–H and O–H groups in total. The molecule has 5 nitrogen and oxygen atoms in total. The van der Waals surface area contributed by atoms with Gasteiger partial charge in [0.1, 0.15) is 11.6 Å². The molecule has 0 unspecified atom stereocenters. The zero-order valence-corrected chi connectivity index (χ0v) is 20.6. The number of anilines is 1. The van der Waals surface area contributed by atoms with Crippen LogP contribution in [0.4, 0.5) is 9.52 Å². The van der Waals surface area contributed by atoms with Crippen molar-refractivity contribution in [3.8, 4) is 0 Å². The summed E-state index contributed by atoms with van der Waals surface area (Å²) in [6.45, 7) is 3.94. The molecule has 1 atom stereocenters. The Morgan fingerprint density at radius 1 is 1.06 bits per heavy atom. The highest BCUT2D eigenvalue weighted by molar-refractivity contribution is 9.10. The second-order valence-corrected chi connectivity index (χ2v) is 10.1. The maximum atomic E-state index is 13.5. The molecule has 170 valence electrons. The number of Topliss-reactive ketones (excluding diaryl/α,β-unsaturated/α-hetero) is 1. The van der Waals surface area contributed by atoms with Crippen LogP contribution in [0.1, 0.15) is 28.3 Å². The highest BCUT2D eigenvalue weighted by atomic mass is 79.9. The van der Waals surface area contributed by atoms with E-state index in [0.717, 1.165) is 25.8 Å². The Morgan fingerprint density at radius 2 is 1.74 bits per heavy atom. The lowest BCUT2D eigenvalue weighted by molar-refractivity contribution is -0.132. The molecule has 0 radical (unpaired) electrons. The third-order valence-corrected chi connectivity index (χ3v) is 7.30. The third-order valence-electron chi connectivity index (χ3n) is 5.77. The maximum absolute atomic E-state index is 13.5. The lowest BCUT2D eigenvalue weighted by Crippen LogP contribution is -2.29. The van der Waals surface area contributed by atoms with Crippen molar-refractivity contribution >= 4 is 60.1 Å². The van der Waals surface area contributed by atoms with Crippen LogP contribution in [-0.2, 0) is 9.59 Å². The van der Waals surface area contributed by atoms with Crippen molar-refractivity contribution in [3.05, 3.63) is 98.8 Å². The van der Waals surface area contributed by atoms with Crippen LogP contribution in [0.5, 0.6) is 0 Å². The number of aryl methyl sites for hydroxylation is 2. The van der Waals surface area contributed by atoms with E-state index in [-0.39, 0.29) is 16.9 Å². The lowest BCUT2D eigenvalue weighted by Gasteiger charge is -2.23. The van der Waals surface area contributed by atoms with Gasteiger partial charge in [0.05, 0.1) is 21.8 Å². The molecule has 1 saturated heterocycles. The van der Waals surface area contributed by atoms with E-state index < -0.39 is 23.5 Å². The molecule has 0 saturated carbocycles. The van der Waals surface area contributed by atoms with Gasteiger partial charge in [-0.2, -0.15) is 0 Å². The largest absolute Gasteiger partial charge is 0.507 e. The Bertz CT molecular complexity index is 1490. The predicted molar refractivity (Wildman–Crippen MR) is 134 cm³/mol. The van der Waals surface area contributed by atoms with Gasteiger partial charge in [-0.05, 0) is 73.0 Å². The minimum Gasteiger partial charge on any atom is -0.507 e. The van der Waals surface area contributed by atoms with Gasteiger partial charge in [-0.1, -0.05) is 45.5 Å². The van der Waals surface area contributed by atoms with Crippen molar-refractivity contribution in [3.63, 3.8) is 0 Å². The number of hydrogen-bond acceptors (Lipinski definition) is 5. The Hall–Kier alpha value is -3.36. The Labute approximate surface area is 207 Å². The molecule has 4 aromatic rings. The monoisotopic (exact) mass is 536 g/mol. The van der Waals surface area contributed by atoms with E-state index in [9.17, 15) is 19.1 Å². The molecule has 1 amide bonds. The van der Waals surface area contributed by atoms with Crippen LogP contribution in [0, 0.1) is 19.7 Å². The minimum atomic E-state index is -0.889. The first kappa shape index (κ1) is 22.4. The highest BCUT2D eigenvalue weighted by Crippen LogP contribution is 2.44. The summed E-state index contributed by atoms with van der Waals surface area (Å²) in [6, 6.07) is 15.4. The summed E-state index contributed by atoms with van der Waals surface area (Å²) in [4.78, 5) is 32.6. The summed E-state index contributed by atoms with van der Waals surface area (Å²) in [5.74, 6) is -2.42. The van der Waals surface area contributed by atoms with Gasteiger partial charge < -0.3 is 5.11 Å². The number of amides is 1. The fourth-order valence-corrected chi connectivity index (χ4v) is 5.65. The van der Waals surface area contributed by atoms with Crippen LogP contribution in [0.25, 0.3) is 16.0 Å². The Kier molecular flexibility index (Phi) is 5.58. The summed E-state index contributed by atoms with van der Waals surface area (Å²) >= 11 is 4.73. The molecule has 0 spiro atoms. The zero-order chi connectivity index (χ0) is 24.1. The van der Waals surface area contributed by atoms with Crippen molar-refractivity contribution < 1.29 is 19.1 Å². The van der Waals surface area contributed by atoms with Gasteiger partial charge >= 0.3 is 5.91 Å². The molecule has 5 rings (SSSR count). The number of aliphatic hydroxyl groups excluding tert-OH is 1. The number of benzene rings is 3. The van der Waals surface area contributed by atoms with Crippen molar-refractivity contribution in [1.29, 1.82) is 0 Å². The summed E-state index contributed by atoms with van der Waals surface area (Å²) < 4.78 is 15.2. The number of nitrogens with zero attached hydrogens (tertiary/aromatic N) is 2.